The van der Waals surface area contributed by atoms with E-state index in [1.807, 2.05) is 110 Å². The number of rotatable bonds is 3. The number of nitrogens with zero attached hydrogens (tertiary/aromatic N) is 3. The molecule has 0 fully saturated rings. The van der Waals surface area contributed by atoms with E-state index in [4.69, 9.17) is 4.42 Å². The molecule has 0 aliphatic heterocycles. The van der Waals surface area contributed by atoms with Crippen LogP contribution in [0.5, 0.6) is 0 Å². The number of aryl methyl sites for hydroxylation is 1. The summed E-state index contributed by atoms with van der Waals surface area (Å²) in [4.78, 5) is 8.70. The Bertz CT molecular complexity index is 1940. The van der Waals surface area contributed by atoms with Crippen molar-refractivity contribution in [2.24, 2.45) is 0 Å². The molecular formula is C36H22IrN3O. The molecule has 0 amide bonds. The second kappa shape index (κ2) is 12.5. The van der Waals surface area contributed by atoms with E-state index in [0.29, 0.717) is 22.4 Å². The molecule has 0 unspecified atom stereocenters. The molecule has 3 aromatic heterocycles. The molecule has 0 aliphatic rings. The van der Waals surface area contributed by atoms with Crippen LogP contribution in [-0.2, 0) is 20.1 Å². The van der Waals surface area contributed by atoms with Crippen molar-refractivity contribution in [3.8, 4) is 39.7 Å². The fourth-order valence-electron chi connectivity index (χ4n) is 4.61. The van der Waals surface area contributed by atoms with Gasteiger partial charge in [0.2, 0.25) is 0 Å². The van der Waals surface area contributed by atoms with Crippen LogP contribution >= 0.6 is 0 Å². The predicted molar refractivity (Wildman–Crippen MR) is 158 cm³/mol. The molecular weight excluding hydrogens is 683 g/mol. The smallest absolute Gasteiger partial charge is 0.512 e. The molecule has 0 atom stereocenters. The van der Waals surface area contributed by atoms with Crippen molar-refractivity contribution in [1.29, 1.82) is 5.26 Å². The fraction of sp³-hybridized carbons (Fsp3) is 0.0278. The first-order valence-electron chi connectivity index (χ1n) is 12.8. The number of benzene rings is 4. The molecule has 0 radical (unpaired) electrons. The summed E-state index contributed by atoms with van der Waals surface area (Å²) in [5.74, 6) is 0. The van der Waals surface area contributed by atoms with Gasteiger partial charge in [0.05, 0.1) is 11.6 Å². The van der Waals surface area contributed by atoms with Crippen LogP contribution in [0.1, 0.15) is 11.1 Å². The molecule has 3 heterocycles. The third-order valence-corrected chi connectivity index (χ3v) is 6.52. The van der Waals surface area contributed by atoms with Crippen molar-refractivity contribution in [3.63, 3.8) is 0 Å². The van der Waals surface area contributed by atoms with Gasteiger partial charge in [-0.1, -0.05) is 53.9 Å². The van der Waals surface area contributed by atoms with E-state index < -0.39 is 0 Å². The maximum Gasteiger partial charge on any atom is 3.00 e. The zero-order valence-electron chi connectivity index (χ0n) is 22.1. The minimum Gasteiger partial charge on any atom is -0.512 e. The summed E-state index contributed by atoms with van der Waals surface area (Å²) in [7, 11) is 0. The first kappa shape index (κ1) is 27.7. The third kappa shape index (κ3) is 5.71. The van der Waals surface area contributed by atoms with E-state index in [-0.39, 0.29) is 20.1 Å². The maximum absolute atomic E-state index is 9.63. The van der Waals surface area contributed by atoms with Gasteiger partial charge >= 0.3 is 20.1 Å². The van der Waals surface area contributed by atoms with E-state index in [2.05, 4.69) is 40.3 Å². The Hall–Kier alpha value is -4.88. The quantitative estimate of drug-likeness (QED) is 0.173. The van der Waals surface area contributed by atoms with Gasteiger partial charge in [-0.2, -0.15) is 23.0 Å². The van der Waals surface area contributed by atoms with Crippen molar-refractivity contribution < 1.29 is 24.5 Å². The molecule has 5 heteroatoms. The Kier molecular flexibility index (Phi) is 8.46. The normalized spacial score (nSPS) is 10.3. The van der Waals surface area contributed by atoms with Gasteiger partial charge < -0.3 is 14.4 Å². The summed E-state index contributed by atoms with van der Waals surface area (Å²) in [6.45, 7) is 2.03. The van der Waals surface area contributed by atoms with Gasteiger partial charge in [0.1, 0.15) is 5.58 Å². The molecule has 4 nitrogen and oxygen atoms in total. The maximum atomic E-state index is 9.63. The van der Waals surface area contributed by atoms with Crippen LogP contribution < -0.4 is 0 Å². The Labute approximate surface area is 252 Å². The summed E-state index contributed by atoms with van der Waals surface area (Å²) in [6, 6.07) is 44.9. The van der Waals surface area contributed by atoms with E-state index in [9.17, 15) is 5.26 Å². The van der Waals surface area contributed by atoms with Crippen LogP contribution in [0, 0.1) is 36.5 Å². The summed E-state index contributed by atoms with van der Waals surface area (Å²) < 4.78 is 6.32. The zero-order valence-corrected chi connectivity index (χ0v) is 24.4. The van der Waals surface area contributed by atoms with Crippen LogP contribution in [-0.4, -0.2) is 9.97 Å². The second-order valence-electron chi connectivity index (χ2n) is 9.17. The Morgan fingerprint density at radius 3 is 2.24 bits per heavy atom. The molecule has 0 N–H and O–H groups in total. The third-order valence-electron chi connectivity index (χ3n) is 6.52. The molecule has 0 saturated heterocycles. The molecule has 4 aromatic carbocycles. The van der Waals surface area contributed by atoms with Crippen molar-refractivity contribution in [3.05, 3.63) is 145 Å². The predicted octanol–water partition coefficient (Wildman–Crippen LogP) is 8.64. The fourth-order valence-corrected chi connectivity index (χ4v) is 4.61. The largest absolute Gasteiger partial charge is 3.00 e. The Morgan fingerprint density at radius 1 is 0.732 bits per heavy atom. The van der Waals surface area contributed by atoms with Crippen LogP contribution in [0.3, 0.4) is 0 Å². The van der Waals surface area contributed by atoms with Crippen LogP contribution in [0.25, 0.3) is 55.6 Å². The van der Waals surface area contributed by atoms with Gasteiger partial charge in [-0.05, 0) is 41.6 Å². The van der Waals surface area contributed by atoms with Crippen molar-refractivity contribution in [2.75, 3.05) is 0 Å². The second-order valence-corrected chi connectivity index (χ2v) is 9.17. The average molecular weight is 705 g/mol. The molecule has 0 bridgehead atoms. The Balaban J connectivity index is 0.000000204. The summed E-state index contributed by atoms with van der Waals surface area (Å²) >= 11 is 0. The van der Waals surface area contributed by atoms with E-state index >= 15 is 0 Å². The first-order chi connectivity index (χ1) is 19.7. The molecule has 196 valence electrons. The van der Waals surface area contributed by atoms with Crippen LogP contribution in [0.2, 0.25) is 0 Å². The van der Waals surface area contributed by atoms with E-state index in [1.165, 1.54) is 5.56 Å². The van der Waals surface area contributed by atoms with E-state index in [1.54, 1.807) is 6.20 Å². The van der Waals surface area contributed by atoms with Crippen molar-refractivity contribution >= 4 is 21.9 Å². The van der Waals surface area contributed by atoms with Gasteiger partial charge in [-0.25, -0.2) is 12.1 Å². The summed E-state index contributed by atoms with van der Waals surface area (Å²) in [5, 5.41) is 11.6. The molecule has 0 spiro atoms. The van der Waals surface area contributed by atoms with Gasteiger partial charge in [0, 0.05) is 17.1 Å². The molecule has 7 aromatic rings. The molecule has 0 saturated carbocycles. The van der Waals surface area contributed by atoms with Gasteiger partial charge in [-0.3, -0.25) is 0 Å². The van der Waals surface area contributed by atoms with Crippen LogP contribution in [0.4, 0.5) is 0 Å². The monoisotopic (exact) mass is 705 g/mol. The zero-order chi connectivity index (χ0) is 27.3. The summed E-state index contributed by atoms with van der Waals surface area (Å²) in [5.41, 5.74) is 8.40. The number of furan rings is 1. The number of hydrogen-bond acceptors (Lipinski definition) is 4. The topological polar surface area (TPSA) is 62.7 Å². The minimum atomic E-state index is 0. The van der Waals surface area contributed by atoms with Gasteiger partial charge in [0.25, 0.3) is 0 Å². The molecule has 41 heavy (non-hydrogen) atoms. The number of fused-ring (bicyclic) bond motifs is 3. The van der Waals surface area contributed by atoms with Crippen LogP contribution in [0.15, 0.2) is 120 Å². The van der Waals surface area contributed by atoms with E-state index in [0.717, 1.165) is 38.7 Å². The Morgan fingerprint density at radius 2 is 1.54 bits per heavy atom. The number of nitriles is 1. The minimum absolute atomic E-state index is 0. The van der Waals surface area contributed by atoms with Crippen molar-refractivity contribution in [2.45, 2.75) is 6.92 Å². The first-order valence-corrected chi connectivity index (χ1v) is 12.8. The standard InChI is InChI=1S/C24H12N2O.C12H10N.Ir/c25-15-17-12-13-19-18-9-6-10-20(21-11-4-5-14-26-21)23(18)27-24(19)22(17)16-7-2-1-3-8-16;1-10-7-8-12(13-9-10)11-5-3-2-4-6-11;/h1-9,12-14H;2-5,7-9H,1H3;/q-2;-1;+3. The summed E-state index contributed by atoms with van der Waals surface area (Å²) in [6.07, 6.45) is 3.60. The molecule has 0 aliphatic carbocycles. The van der Waals surface area contributed by atoms with Gasteiger partial charge in [-0.15, -0.1) is 53.7 Å². The SMILES string of the molecule is Cc1ccc(-c2[c-]cccc2)nc1.N#Cc1ccc2c(oc3c(-c4[c-]cccn4)[c-]ccc32)c1-c1ccccc1.[Ir+3]. The van der Waals surface area contributed by atoms with Crippen molar-refractivity contribution in [1.82, 2.24) is 9.97 Å². The average Bonchev–Trinajstić information content (AvgIpc) is 3.41. The number of pyridine rings is 2. The number of aromatic nitrogens is 2. The number of hydrogen-bond donors (Lipinski definition) is 0. The molecule has 7 rings (SSSR count). The van der Waals surface area contributed by atoms with Gasteiger partial charge in [0.15, 0.2) is 0 Å².